The zero-order chi connectivity index (χ0) is 53.0. The standard InChI is InChI=1S/C59H108O14/c1-3-5-7-9-11-13-15-17-19-21-22-23-24-25-27-29-31-33-35-37-39-41-43-68-45-48(71-51(61)42-40-38-36-34-32-30-28-26-20-18-16-14-12-10-8-6-4-2)46-69-58-57(67)55(65)53(63)50(73-58)47-70-59-56(66)54(64)52(62)49(44-60)72-59/h15,17-18,20-22,48-50,52-60,62-67H,3-14,16,19,23-47H2,1-2H3/b17-15-,20-18-,22-21-. The monoisotopic (exact) mass is 1040 g/mol. The Morgan fingerprint density at radius 1 is 0.452 bits per heavy atom. The molecule has 11 unspecified atom stereocenters. The number of aliphatic hydroxyl groups excluding tert-OH is 7. The summed E-state index contributed by atoms with van der Waals surface area (Å²) >= 11 is 0. The second kappa shape index (κ2) is 46.3. The maximum Gasteiger partial charge on any atom is 0.306 e. The van der Waals surface area contributed by atoms with Crippen molar-refractivity contribution in [3.63, 3.8) is 0 Å². The van der Waals surface area contributed by atoms with Crippen molar-refractivity contribution in [2.45, 2.75) is 300 Å². The number of esters is 1. The van der Waals surface area contributed by atoms with Crippen molar-refractivity contribution in [3.8, 4) is 0 Å². The smallest absolute Gasteiger partial charge is 0.306 e. The summed E-state index contributed by atoms with van der Waals surface area (Å²) in [6.07, 6.45) is 37.7. The highest BCUT2D eigenvalue weighted by atomic mass is 16.7. The van der Waals surface area contributed by atoms with Crippen molar-refractivity contribution >= 4 is 5.97 Å². The van der Waals surface area contributed by atoms with Crippen LogP contribution in [-0.4, -0.2) is 142 Å². The zero-order valence-corrected chi connectivity index (χ0v) is 45.9. The van der Waals surface area contributed by atoms with E-state index in [2.05, 4.69) is 50.3 Å². The minimum absolute atomic E-state index is 0.0592. The van der Waals surface area contributed by atoms with Gasteiger partial charge in [-0.05, 0) is 70.6 Å². The van der Waals surface area contributed by atoms with E-state index in [-0.39, 0.29) is 25.6 Å². The Hall–Kier alpha value is -1.79. The highest BCUT2D eigenvalue weighted by molar-refractivity contribution is 5.69. The Bertz CT molecular complexity index is 1350. The van der Waals surface area contributed by atoms with Gasteiger partial charge in [0.05, 0.1) is 26.4 Å². The first-order valence-electron chi connectivity index (χ1n) is 29.6. The number of rotatable bonds is 48. The van der Waals surface area contributed by atoms with Crippen molar-refractivity contribution in [3.05, 3.63) is 36.5 Å². The highest BCUT2D eigenvalue weighted by Crippen LogP contribution is 2.27. The molecule has 0 saturated carbocycles. The summed E-state index contributed by atoms with van der Waals surface area (Å²) in [4.78, 5) is 13.1. The molecule has 2 aliphatic heterocycles. The van der Waals surface area contributed by atoms with Gasteiger partial charge in [0.25, 0.3) is 0 Å². The maximum atomic E-state index is 13.1. The minimum atomic E-state index is -1.71. The second-order valence-electron chi connectivity index (χ2n) is 20.8. The van der Waals surface area contributed by atoms with Crippen molar-refractivity contribution < 1.29 is 69.0 Å². The summed E-state index contributed by atoms with van der Waals surface area (Å²) in [6.45, 7) is 3.69. The number of hydrogen-bond donors (Lipinski definition) is 7. The van der Waals surface area contributed by atoms with Crippen LogP contribution in [0.15, 0.2) is 36.5 Å². The van der Waals surface area contributed by atoms with Crippen LogP contribution in [0.5, 0.6) is 0 Å². The zero-order valence-electron chi connectivity index (χ0n) is 45.9. The Balaban J connectivity index is 1.71. The fourth-order valence-corrected chi connectivity index (χ4v) is 9.31. The second-order valence-corrected chi connectivity index (χ2v) is 20.8. The molecule has 14 heteroatoms. The van der Waals surface area contributed by atoms with Crippen LogP contribution in [0.4, 0.5) is 0 Å². The Morgan fingerprint density at radius 2 is 0.849 bits per heavy atom. The van der Waals surface area contributed by atoms with E-state index < -0.39 is 80.7 Å². The third kappa shape index (κ3) is 33.2. The van der Waals surface area contributed by atoms with E-state index >= 15 is 0 Å². The molecule has 0 amide bonds. The molecule has 2 rings (SSSR count). The van der Waals surface area contributed by atoms with Crippen molar-refractivity contribution in [2.75, 3.05) is 33.0 Å². The van der Waals surface area contributed by atoms with E-state index in [9.17, 15) is 40.5 Å². The highest BCUT2D eigenvalue weighted by Gasteiger charge is 2.47. The molecular weight excluding hydrogens is 933 g/mol. The first kappa shape index (κ1) is 67.3. The van der Waals surface area contributed by atoms with Crippen molar-refractivity contribution in [1.29, 1.82) is 0 Å². The van der Waals surface area contributed by atoms with Crippen LogP contribution in [0, 0.1) is 0 Å². The van der Waals surface area contributed by atoms with Gasteiger partial charge in [0, 0.05) is 13.0 Å². The van der Waals surface area contributed by atoms with Crippen LogP contribution < -0.4 is 0 Å². The Kier molecular flexibility index (Phi) is 42.7. The summed E-state index contributed by atoms with van der Waals surface area (Å²) < 4.78 is 34.4. The minimum Gasteiger partial charge on any atom is -0.457 e. The lowest BCUT2D eigenvalue weighted by atomic mass is 9.98. The van der Waals surface area contributed by atoms with Crippen LogP contribution in [-0.2, 0) is 33.2 Å². The number of aliphatic hydroxyl groups is 7. The molecule has 2 aliphatic rings. The van der Waals surface area contributed by atoms with E-state index in [0.29, 0.717) is 13.0 Å². The first-order valence-corrected chi connectivity index (χ1v) is 29.6. The van der Waals surface area contributed by atoms with Gasteiger partial charge in [-0.2, -0.15) is 0 Å². The molecule has 0 aromatic heterocycles. The summed E-state index contributed by atoms with van der Waals surface area (Å²) in [5, 5.41) is 72.3. The maximum absolute atomic E-state index is 13.1. The van der Waals surface area contributed by atoms with E-state index in [1.54, 1.807) is 0 Å². The number of carbonyl (C=O) groups is 1. The fourth-order valence-electron chi connectivity index (χ4n) is 9.31. The van der Waals surface area contributed by atoms with Crippen LogP contribution >= 0.6 is 0 Å². The van der Waals surface area contributed by atoms with Gasteiger partial charge in [-0.1, -0.05) is 192 Å². The van der Waals surface area contributed by atoms with Crippen molar-refractivity contribution in [1.82, 2.24) is 0 Å². The summed E-state index contributed by atoms with van der Waals surface area (Å²) in [7, 11) is 0. The number of carbonyl (C=O) groups excluding carboxylic acids is 1. The third-order valence-corrected chi connectivity index (χ3v) is 14.1. The number of unbranched alkanes of at least 4 members (excludes halogenated alkanes) is 28. The van der Waals surface area contributed by atoms with Crippen LogP contribution in [0.2, 0.25) is 0 Å². The first-order chi connectivity index (χ1) is 35.6. The van der Waals surface area contributed by atoms with E-state index in [1.165, 1.54) is 154 Å². The predicted octanol–water partition coefficient (Wildman–Crippen LogP) is 10.5. The Morgan fingerprint density at radius 3 is 1.33 bits per heavy atom. The number of hydrogen-bond acceptors (Lipinski definition) is 14. The van der Waals surface area contributed by atoms with Gasteiger partial charge in [0.15, 0.2) is 12.6 Å². The molecule has 0 aromatic carbocycles. The molecule has 2 fully saturated rings. The number of allylic oxidation sites excluding steroid dienone is 6. The lowest BCUT2D eigenvalue weighted by Crippen LogP contribution is -2.61. The molecule has 428 valence electrons. The van der Waals surface area contributed by atoms with E-state index in [0.717, 1.165) is 51.4 Å². The molecule has 0 bridgehead atoms. The molecule has 11 atom stereocenters. The molecule has 14 nitrogen and oxygen atoms in total. The van der Waals surface area contributed by atoms with Gasteiger partial charge in [-0.25, -0.2) is 0 Å². The van der Waals surface area contributed by atoms with Gasteiger partial charge in [0.2, 0.25) is 0 Å². The van der Waals surface area contributed by atoms with Crippen LogP contribution in [0.1, 0.15) is 232 Å². The lowest BCUT2D eigenvalue weighted by molar-refractivity contribution is -0.332. The molecule has 2 heterocycles. The molecule has 0 radical (unpaired) electrons. The van der Waals surface area contributed by atoms with Crippen LogP contribution in [0.3, 0.4) is 0 Å². The SMILES string of the molecule is CCCCCCC/C=C\C/C=C\CCCCCCCCCCCCOCC(COC1OC(COC2OC(CO)C(O)C(O)C2O)C(O)C(O)C1O)OC(=O)CCCCCCCCC/C=C\CCCCCCCC. The van der Waals surface area contributed by atoms with Gasteiger partial charge in [0.1, 0.15) is 54.9 Å². The largest absolute Gasteiger partial charge is 0.457 e. The van der Waals surface area contributed by atoms with Gasteiger partial charge >= 0.3 is 5.97 Å². The molecule has 2 saturated heterocycles. The van der Waals surface area contributed by atoms with E-state index in [4.69, 9.17) is 28.4 Å². The van der Waals surface area contributed by atoms with Gasteiger partial charge < -0.3 is 64.2 Å². The Labute approximate surface area is 442 Å². The molecule has 0 aliphatic carbocycles. The fraction of sp³-hybridized carbons (Fsp3) is 0.881. The van der Waals surface area contributed by atoms with Gasteiger partial charge in [-0.3, -0.25) is 4.79 Å². The predicted molar refractivity (Wildman–Crippen MR) is 289 cm³/mol. The molecule has 0 aromatic rings. The number of ether oxygens (including phenoxy) is 6. The third-order valence-electron chi connectivity index (χ3n) is 14.1. The summed E-state index contributed by atoms with van der Waals surface area (Å²) in [5.74, 6) is -0.379. The topological polar surface area (TPSA) is 214 Å². The molecular formula is C59H108O14. The van der Waals surface area contributed by atoms with Crippen LogP contribution in [0.25, 0.3) is 0 Å². The summed E-state index contributed by atoms with van der Waals surface area (Å²) in [5.41, 5.74) is 0. The normalized spacial score (nSPS) is 25.2. The van der Waals surface area contributed by atoms with E-state index in [1.807, 2.05) is 0 Å². The average molecular weight is 1040 g/mol. The molecule has 7 N–H and O–H groups in total. The average Bonchev–Trinajstić information content (AvgIpc) is 3.39. The molecule has 0 spiro atoms. The van der Waals surface area contributed by atoms with Gasteiger partial charge in [-0.15, -0.1) is 0 Å². The molecule has 73 heavy (non-hydrogen) atoms. The quantitative estimate of drug-likeness (QED) is 0.0172. The summed E-state index contributed by atoms with van der Waals surface area (Å²) in [6, 6.07) is 0. The van der Waals surface area contributed by atoms with Crippen molar-refractivity contribution in [2.24, 2.45) is 0 Å². The lowest BCUT2D eigenvalue weighted by Gasteiger charge is -2.42.